The Morgan fingerprint density at radius 1 is 1.30 bits per heavy atom. The largest absolute Gasteiger partial charge is 0.370 e. The summed E-state index contributed by atoms with van der Waals surface area (Å²) in [7, 11) is 0. The van der Waals surface area contributed by atoms with Gasteiger partial charge in [0.15, 0.2) is 0 Å². The van der Waals surface area contributed by atoms with Crippen LogP contribution in [0.2, 0.25) is 0 Å². The van der Waals surface area contributed by atoms with Gasteiger partial charge in [0.1, 0.15) is 11.8 Å². The molecule has 0 aliphatic carbocycles. The van der Waals surface area contributed by atoms with Crippen molar-refractivity contribution in [3.05, 3.63) is 52.3 Å². The number of nitrogens with zero attached hydrogens (tertiary/aromatic N) is 2. The molecule has 2 heterocycles. The van der Waals surface area contributed by atoms with E-state index in [2.05, 4.69) is 42.2 Å². The molecule has 2 aromatic rings. The zero-order chi connectivity index (χ0) is 16.6. The third-order valence-corrected chi connectivity index (χ3v) is 4.40. The summed E-state index contributed by atoms with van der Waals surface area (Å²) in [5.74, 6) is -0.0412. The van der Waals surface area contributed by atoms with E-state index in [0.717, 1.165) is 11.3 Å². The highest BCUT2D eigenvalue weighted by Crippen LogP contribution is 2.28. The van der Waals surface area contributed by atoms with Crippen LogP contribution in [0.3, 0.4) is 0 Å². The minimum atomic E-state index is -0.0879. The van der Waals surface area contributed by atoms with Gasteiger partial charge in [-0.3, -0.25) is 9.89 Å². The third-order valence-electron chi connectivity index (χ3n) is 4.40. The molecule has 2 atom stereocenters. The predicted molar refractivity (Wildman–Crippen MR) is 88.4 cm³/mol. The van der Waals surface area contributed by atoms with E-state index >= 15 is 0 Å². The first-order chi connectivity index (χ1) is 11.0. The Kier molecular flexibility index (Phi) is 4.22. The van der Waals surface area contributed by atoms with Crippen molar-refractivity contribution in [2.75, 3.05) is 13.2 Å². The van der Waals surface area contributed by atoms with E-state index in [4.69, 9.17) is 4.74 Å². The van der Waals surface area contributed by atoms with Crippen LogP contribution in [0.15, 0.2) is 24.3 Å². The lowest BCUT2D eigenvalue weighted by Gasteiger charge is -2.38. The number of nitrogens with one attached hydrogen (secondary N) is 1. The van der Waals surface area contributed by atoms with E-state index < -0.39 is 0 Å². The molecule has 1 aromatic carbocycles. The predicted octanol–water partition coefficient (Wildman–Crippen LogP) is 2.94. The summed E-state index contributed by atoms with van der Waals surface area (Å²) in [6, 6.07) is 8.19. The molecule has 5 heteroatoms. The number of benzene rings is 1. The van der Waals surface area contributed by atoms with Crippen molar-refractivity contribution in [3.63, 3.8) is 0 Å². The Bertz CT molecular complexity index is 723. The number of H-pyrrole nitrogens is 1. The first-order valence-electron chi connectivity index (χ1n) is 7.97. The summed E-state index contributed by atoms with van der Waals surface area (Å²) >= 11 is 0. The molecule has 1 aromatic heterocycles. The molecule has 0 saturated carbocycles. The zero-order valence-electron chi connectivity index (χ0n) is 14.1. The van der Waals surface area contributed by atoms with E-state index in [-0.39, 0.29) is 18.1 Å². The van der Waals surface area contributed by atoms with Crippen molar-refractivity contribution in [2.24, 2.45) is 0 Å². The monoisotopic (exact) mass is 313 g/mol. The van der Waals surface area contributed by atoms with E-state index in [0.29, 0.717) is 18.8 Å². The number of aryl methyl sites for hydroxylation is 3. The normalized spacial score (nSPS) is 21.5. The zero-order valence-corrected chi connectivity index (χ0v) is 14.1. The second-order valence-electron chi connectivity index (χ2n) is 6.42. The number of ether oxygens (including phenoxy) is 1. The Labute approximate surface area is 136 Å². The van der Waals surface area contributed by atoms with Crippen LogP contribution in [-0.2, 0) is 4.74 Å². The standard InChI is InChI=1S/C18H23N3O2/c1-11-5-6-12(2)15(7-11)17-9-21(14(4)10-23-17)18(22)16-8-13(3)19-20-16/h5-8,14,17H,9-10H2,1-4H3,(H,19,20)/t14-,17-/m0/s1. The third kappa shape index (κ3) is 3.15. The summed E-state index contributed by atoms with van der Waals surface area (Å²) in [4.78, 5) is 14.6. The molecule has 0 unspecified atom stereocenters. The summed E-state index contributed by atoms with van der Waals surface area (Å²) in [5, 5.41) is 6.93. The van der Waals surface area contributed by atoms with Crippen LogP contribution < -0.4 is 0 Å². The smallest absolute Gasteiger partial charge is 0.274 e. The fourth-order valence-electron chi connectivity index (χ4n) is 3.01. The molecule has 23 heavy (non-hydrogen) atoms. The summed E-state index contributed by atoms with van der Waals surface area (Å²) < 4.78 is 6.01. The van der Waals surface area contributed by atoms with Gasteiger partial charge in [-0.1, -0.05) is 23.8 Å². The fourth-order valence-corrected chi connectivity index (χ4v) is 3.01. The molecule has 1 fully saturated rings. The van der Waals surface area contributed by atoms with Gasteiger partial charge in [-0.15, -0.1) is 0 Å². The maximum atomic E-state index is 12.7. The van der Waals surface area contributed by atoms with Gasteiger partial charge in [-0.2, -0.15) is 5.10 Å². The fraction of sp³-hybridized carbons (Fsp3) is 0.444. The molecule has 1 amide bonds. The number of morpholine rings is 1. The van der Waals surface area contributed by atoms with Crippen LogP contribution in [-0.4, -0.2) is 40.2 Å². The van der Waals surface area contributed by atoms with Crippen LogP contribution >= 0.6 is 0 Å². The number of hydrogen-bond donors (Lipinski definition) is 1. The summed E-state index contributed by atoms with van der Waals surface area (Å²) in [6.07, 6.45) is -0.0879. The van der Waals surface area contributed by atoms with Crippen LogP contribution in [0.4, 0.5) is 0 Å². The first-order valence-corrected chi connectivity index (χ1v) is 7.97. The molecule has 0 radical (unpaired) electrons. The topological polar surface area (TPSA) is 58.2 Å². The quantitative estimate of drug-likeness (QED) is 0.927. The Hall–Kier alpha value is -2.14. The highest BCUT2D eigenvalue weighted by Gasteiger charge is 2.32. The Balaban J connectivity index is 1.84. The van der Waals surface area contributed by atoms with Gasteiger partial charge in [0.25, 0.3) is 5.91 Å². The second kappa shape index (κ2) is 6.16. The van der Waals surface area contributed by atoms with Crippen molar-refractivity contribution in [2.45, 2.75) is 39.8 Å². The molecule has 5 nitrogen and oxygen atoms in total. The van der Waals surface area contributed by atoms with Gasteiger partial charge >= 0.3 is 0 Å². The van der Waals surface area contributed by atoms with E-state index in [1.54, 1.807) is 6.07 Å². The number of amides is 1. The average molecular weight is 313 g/mol. The first kappa shape index (κ1) is 15.7. The number of aromatic amines is 1. The van der Waals surface area contributed by atoms with Crippen molar-refractivity contribution >= 4 is 5.91 Å². The lowest BCUT2D eigenvalue weighted by Crippen LogP contribution is -2.48. The molecule has 3 rings (SSSR count). The number of carbonyl (C=O) groups excluding carboxylic acids is 1. The summed E-state index contributed by atoms with van der Waals surface area (Å²) in [5.41, 5.74) is 4.91. The molecule has 1 N–H and O–H groups in total. The molecule has 1 aliphatic heterocycles. The average Bonchev–Trinajstić information content (AvgIpc) is 2.96. The van der Waals surface area contributed by atoms with Crippen molar-refractivity contribution < 1.29 is 9.53 Å². The number of aromatic nitrogens is 2. The number of carbonyl (C=O) groups is 1. The molecule has 1 saturated heterocycles. The number of rotatable bonds is 2. The Morgan fingerprint density at radius 3 is 2.78 bits per heavy atom. The van der Waals surface area contributed by atoms with E-state index in [9.17, 15) is 4.79 Å². The second-order valence-corrected chi connectivity index (χ2v) is 6.42. The van der Waals surface area contributed by atoms with Crippen LogP contribution in [0.1, 0.15) is 45.9 Å². The van der Waals surface area contributed by atoms with Crippen molar-refractivity contribution in [3.8, 4) is 0 Å². The highest BCUT2D eigenvalue weighted by molar-refractivity contribution is 5.92. The van der Waals surface area contributed by atoms with Crippen LogP contribution in [0, 0.1) is 20.8 Å². The minimum Gasteiger partial charge on any atom is -0.370 e. The molecule has 0 spiro atoms. The lowest BCUT2D eigenvalue weighted by atomic mass is 9.98. The van der Waals surface area contributed by atoms with Crippen molar-refractivity contribution in [1.29, 1.82) is 0 Å². The van der Waals surface area contributed by atoms with Gasteiger partial charge in [0.2, 0.25) is 0 Å². The van der Waals surface area contributed by atoms with Crippen molar-refractivity contribution in [1.82, 2.24) is 15.1 Å². The van der Waals surface area contributed by atoms with Crippen LogP contribution in [0.25, 0.3) is 0 Å². The molecular weight excluding hydrogens is 290 g/mol. The Morgan fingerprint density at radius 2 is 2.09 bits per heavy atom. The molecule has 0 bridgehead atoms. The molecular formula is C18H23N3O2. The minimum absolute atomic E-state index is 0.0412. The summed E-state index contributed by atoms with van der Waals surface area (Å²) in [6.45, 7) is 9.15. The molecule has 1 aliphatic rings. The maximum Gasteiger partial charge on any atom is 0.274 e. The van der Waals surface area contributed by atoms with Gasteiger partial charge in [-0.05, 0) is 44.9 Å². The SMILES string of the molecule is Cc1ccc(C)c([C@@H]2CN(C(=O)c3cc(C)[nH]n3)[C@@H](C)CO2)c1. The van der Waals surface area contributed by atoms with Gasteiger partial charge in [-0.25, -0.2) is 0 Å². The van der Waals surface area contributed by atoms with Gasteiger partial charge < -0.3 is 9.64 Å². The molecule has 122 valence electrons. The maximum absolute atomic E-state index is 12.7. The van der Waals surface area contributed by atoms with E-state index in [1.165, 1.54) is 11.1 Å². The lowest BCUT2D eigenvalue weighted by molar-refractivity contribution is -0.0491. The number of hydrogen-bond acceptors (Lipinski definition) is 3. The van der Waals surface area contributed by atoms with Crippen LogP contribution in [0.5, 0.6) is 0 Å². The van der Waals surface area contributed by atoms with E-state index in [1.807, 2.05) is 18.7 Å². The van der Waals surface area contributed by atoms with Gasteiger partial charge in [0, 0.05) is 5.69 Å². The highest BCUT2D eigenvalue weighted by atomic mass is 16.5. The van der Waals surface area contributed by atoms with Gasteiger partial charge in [0.05, 0.1) is 19.2 Å².